The van der Waals surface area contributed by atoms with E-state index in [0.29, 0.717) is 0 Å². The zero-order valence-electron chi connectivity index (χ0n) is 34.6. The fraction of sp³-hybridized carbons (Fsp3) is 0.464. The predicted molar refractivity (Wildman–Crippen MR) is 131 cm³/mol. The maximum absolute atomic E-state index is 16.4. The van der Waals surface area contributed by atoms with Crippen LogP contribution in [0.5, 0.6) is 11.5 Å². The van der Waals surface area contributed by atoms with Gasteiger partial charge in [-0.3, -0.25) is 4.79 Å². The van der Waals surface area contributed by atoms with E-state index in [1.165, 1.54) is 13.8 Å². The Morgan fingerprint density at radius 3 is 2.62 bits per heavy atom. The van der Waals surface area contributed by atoms with Gasteiger partial charge >= 0.3 is 6.29 Å². The molecule has 1 aromatic heterocycles. The third kappa shape index (κ3) is 4.48. The summed E-state index contributed by atoms with van der Waals surface area (Å²) in [5, 5.41) is 19.8. The number of Topliss-reactive ketones (excluding diaryl/α,β-unsaturated/α-hetero) is 1. The Morgan fingerprint density at radius 1 is 1.27 bits per heavy atom. The number of aliphatic hydroxyl groups is 2. The zero-order valence-corrected chi connectivity index (χ0v) is 19.6. The van der Waals surface area contributed by atoms with Crippen LogP contribution in [0.25, 0.3) is 10.9 Å². The summed E-state index contributed by atoms with van der Waals surface area (Å²) in [6.45, 7) is -3.40. The Balaban J connectivity index is 1.81. The molecule has 3 aromatic rings. The van der Waals surface area contributed by atoms with Crippen molar-refractivity contribution < 1.29 is 58.2 Å². The van der Waals surface area contributed by atoms with Gasteiger partial charge in [-0.25, -0.2) is 4.39 Å². The van der Waals surface area contributed by atoms with Crippen LogP contribution in [-0.2, 0) is 28.5 Å². The highest BCUT2D eigenvalue weighted by atomic mass is 19.3. The van der Waals surface area contributed by atoms with Gasteiger partial charge in [-0.05, 0) is 60.5 Å². The third-order valence-corrected chi connectivity index (χ3v) is 6.24. The van der Waals surface area contributed by atoms with Crippen LogP contribution >= 0.6 is 0 Å². The van der Waals surface area contributed by atoms with Gasteiger partial charge in [0.15, 0.2) is 11.5 Å². The normalized spacial score (nSPS) is 28.5. The number of fused-ring (bicyclic) bond motifs is 2. The molecule has 1 aliphatic heterocycles. The molecular weight excluding hydrogens is 487 g/mol. The molecule has 37 heavy (non-hydrogen) atoms. The topological polar surface area (TPSA) is 80.9 Å². The van der Waals surface area contributed by atoms with Crippen LogP contribution < -0.4 is 9.47 Å². The van der Waals surface area contributed by atoms with Gasteiger partial charge in [-0.1, -0.05) is 26.8 Å². The number of benzene rings is 2. The van der Waals surface area contributed by atoms with Crippen molar-refractivity contribution in [3.8, 4) is 11.5 Å². The molecule has 1 saturated carbocycles. The number of rotatable bonds is 9. The first-order chi connectivity index (χ1) is 23.3. The van der Waals surface area contributed by atoms with Gasteiger partial charge in [0, 0.05) is 28.4 Å². The molecule has 1 aliphatic carbocycles. The van der Waals surface area contributed by atoms with Crippen molar-refractivity contribution in [3.63, 3.8) is 0 Å². The average molecular weight is 533 g/mol. The van der Waals surface area contributed by atoms with Crippen molar-refractivity contribution in [3.05, 3.63) is 58.9 Å². The number of hydrogen-bond acceptors (Lipinski definition) is 5. The lowest BCUT2D eigenvalue weighted by Gasteiger charge is -2.26. The van der Waals surface area contributed by atoms with Crippen LogP contribution in [-0.4, -0.2) is 39.5 Å². The van der Waals surface area contributed by atoms with Crippen LogP contribution in [0.1, 0.15) is 77.3 Å². The largest absolute Gasteiger partial charge is 0.586 e. The van der Waals surface area contributed by atoms with E-state index in [2.05, 4.69) is 9.47 Å². The summed E-state index contributed by atoms with van der Waals surface area (Å²) < 4.78 is 179. The molecule has 0 unspecified atom stereocenters. The molecule has 0 spiro atoms. The first-order valence-electron chi connectivity index (χ1n) is 18.5. The second kappa shape index (κ2) is 8.77. The number of alkyl halides is 2. The lowest BCUT2D eigenvalue weighted by atomic mass is 9.86. The summed E-state index contributed by atoms with van der Waals surface area (Å²) in [4.78, 5) is 14.2. The third-order valence-electron chi connectivity index (χ3n) is 6.24. The molecule has 0 saturated heterocycles. The molecule has 9 heteroatoms. The Kier molecular flexibility index (Phi) is 3.12. The van der Waals surface area contributed by atoms with Gasteiger partial charge in [0.05, 0.1) is 45.1 Å². The van der Waals surface area contributed by atoms with Gasteiger partial charge in [0.25, 0.3) is 0 Å². The highest BCUT2D eigenvalue weighted by Gasteiger charge is 2.52. The molecule has 0 amide bonds. The predicted octanol–water partition coefficient (Wildman–Crippen LogP) is 4.99. The van der Waals surface area contributed by atoms with Crippen molar-refractivity contribution in [1.82, 2.24) is 4.57 Å². The number of aromatic nitrogens is 1. The highest BCUT2D eigenvalue weighted by Crippen LogP contribution is 2.52. The minimum atomic E-state index is -4.46. The fourth-order valence-electron chi connectivity index (χ4n) is 3.78. The van der Waals surface area contributed by atoms with Crippen LogP contribution in [0.15, 0.2) is 36.3 Å². The quantitative estimate of drug-likeness (QED) is 0.406. The molecule has 1 atom stereocenters. The smallest absolute Gasteiger partial charge is 0.395 e. The number of ether oxygens (including phenoxy) is 2. The second-order valence-electron chi connectivity index (χ2n) is 9.06. The van der Waals surface area contributed by atoms with E-state index in [-0.39, 0.29) is 11.0 Å². The summed E-state index contributed by atoms with van der Waals surface area (Å²) in [5.41, 5.74) is -8.47. The molecule has 2 heterocycles. The van der Waals surface area contributed by atoms with Crippen molar-refractivity contribution >= 4 is 16.7 Å². The first kappa shape index (κ1) is 13.2. The average Bonchev–Trinajstić information content (AvgIpc) is 3.32. The SMILES string of the molecule is [2H]c1c([2H])c(C2(C(=O)Cc3c(F)c([2H])c4c(c3[2H])c([2H])c(C(C)(C)CC)n4C([2H])([2H])[C@]([2H])(O)C([2H])([2H])O)C([2H])([2H])C2([2H])[2H])c([2H])c2c1OC(F)(F)O2. The summed E-state index contributed by atoms with van der Waals surface area (Å²) in [7, 11) is 0. The maximum Gasteiger partial charge on any atom is 0.586 e. The van der Waals surface area contributed by atoms with Crippen LogP contribution in [0.4, 0.5) is 13.2 Å². The maximum atomic E-state index is 16.4. The van der Waals surface area contributed by atoms with Gasteiger partial charge in [-0.15, -0.1) is 8.78 Å². The first-order valence-corrected chi connectivity index (χ1v) is 11.0. The van der Waals surface area contributed by atoms with E-state index in [1.54, 1.807) is 6.92 Å². The van der Waals surface area contributed by atoms with Crippen molar-refractivity contribution in [1.29, 1.82) is 0 Å². The van der Waals surface area contributed by atoms with Crippen molar-refractivity contribution in [2.75, 3.05) is 6.56 Å². The number of carbonyl (C=O) groups excluding carboxylic acids is 1. The van der Waals surface area contributed by atoms with Crippen molar-refractivity contribution in [2.45, 2.75) is 76.1 Å². The van der Waals surface area contributed by atoms with Gasteiger partial charge in [0.2, 0.25) is 0 Å². The van der Waals surface area contributed by atoms with Gasteiger partial charge in [-0.2, -0.15) is 0 Å². The fourth-order valence-corrected chi connectivity index (χ4v) is 3.78. The Labute approximate surface area is 233 Å². The molecule has 0 bridgehead atoms. The van der Waals surface area contributed by atoms with E-state index in [1.807, 2.05) is 0 Å². The zero-order chi connectivity index (χ0) is 40.1. The summed E-state index contributed by atoms with van der Waals surface area (Å²) in [6.07, 6.45) is -16.7. The minimum absolute atomic E-state index is 0.0548. The number of hydrogen-bond donors (Lipinski definition) is 2. The van der Waals surface area contributed by atoms with Crippen molar-refractivity contribution in [2.24, 2.45) is 0 Å². The van der Waals surface area contributed by atoms with Crippen LogP contribution in [0.2, 0.25) is 0 Å². The van der Waals surface area contributed by atoms with Gasteiger partial charge < -0.3 is 24.3 Å². The number of nitrogens with zero attached hydrogens (tertiary/aromatic N) is 1. The van der Waals surface area contributed by atoms with Gasteiger partial charge in [0.1, 0.15) is 11.6 Å². The van der Waals surface area contributed by atoms with E-state index in [4.69, 9.17) is 20.6 Å². The molecule has 2 aliphatic rings. The number of ketones is 1. The molecule has 2 N–H and O–H groups in total. The Morgan fingerprint density at radius 2 is 1.97 bits per heavy atom. The number of halogens is 3. The lowest BCUT2D eigenvalue weighted by Crippen LogP contribution is -2.26. The summed E-state index contributed by atoms with van der Waals surface area (Å²) in [6, 6.07) is -7.13. The molecule has 2 aromatic carbocycles. The van der Waals surface area contributed by atoms with E-state index < -0.39 is 143 Å². The molecular formula is C28H30F3NO5. The minimum Gasteiger partial charge on any atom is -0.395 e. The number of carbonyl (C=O) groups is 1. The molecule has 5 rings (SSSR count). The Bertz CT molecular complexity index is 2060. The molecule has 0 radical (unpaired) electrons. The highest BCUT2D eigenvalue weighted by molar-refractivity contribution is 5.95. The molecule has 6 nitrogen and oxygen atoms in total. The van der Waals surface area contributed by atoms with Crippen LogP contribution in [0.3, 0.4) is 0 Å². The lowest BCUT2D eigenvalue weighted by molar-refractivity contribution is -0.286. The second-order valence-corrected chi connectivity index (χ2v) is 9.06. The van der Waals surface area contributed by atoms with Crippen LogP contribution in [0, 0.1) is 5.82 Å². The Hall–Kier alpha value is -3.04. The molecule has 1 fully saturated rings. The van der Waals surface area contributed by atoms with E-state index >= 15 is 4.39 Å². The monoisotopic (exact) mass is 532 g/mol. The standard InChI is InChI=1S/C28H30F3NO5/c1-4-26(2,3)24-10-17-9-16(20(29)13-21(17)32(24)14-19(34)15-33)11-25(35)27(7-8-27)18-5-6-22-23(12-18)37-28(30,31)36-22/h5-6,9-10,12-13,19,33-34H,4,7-8,11,14-15H2,1-3H3/t19-/m0/s1/i5D,6D,7D2,8D2,9D,10D,12D,13D,14D2,15D2,19D. The summed E-state index contributed by atoms with van der Waals surface area (Å²) in [5.74, 6) is -5.83. The van der Waals surface area contributed by atoms with E-state index in [9.17, 15) is 23.8 Å². The van der Waals surface area contributed by atoms with E-state index in [0.717, 1.165) is 0 Å². The summed E-state index contributed by atoms with van der Waals surface area (Å²) >= 11 is 0. The molecule has 198 valence electrons.